The van der Waals surface area contributed by atoms with E-state index >= 15 is 0 Å². The number of hydrogen-bond donors (Lipinski definition) is 1. The average molecular weight is 453 g/mol. The molecule has 8 nitrogen and oxygen atoms in total. The molecule has 0 amide bonds. The molecule has 33 heavy (non-hydrogen) atoms. The lowest BCUT2D eigenvalue weighted by molar-refractivity contribution is 0.371. The highest BCUT2D eigenvalue weighted by Crippen LogP contribution is 2.40. The number of nitrogens with zero attached hydrogens (tertiary/aromatic N) is 7. The third kappa shape index (κ3) is 3.57. The second-order valence-corrected chi connectivity index (χ2v) is 9.21. The number of hydrogen-bond acceptors (Lipinski definition) is 7. The van der Waals surface area contributed by atoms with E-state index in [0.29, 0.717) is 29.3 Å². The topological polar surface area (TPSA) is 75.0 Å². The summed E-state index contributed by atoms with van der Waals surface area (Å²) in [5.41, 5.74) is 1.29. The second kappa shape index (κ2) is 7.93. The molecule has 0 unspecified atom stereocenters. The molecule has 1 aliphatic carbocycles. The minimum absolute atomic E-state index is 0.246. The molecule has 3 atom stereocenters. The van der Waals surface area contributed by atoms with Crippen molar-refractivity contribution < 1.29 is 8.78 Å². The molecular weight excluding hydrogens is 426 g/mol. The van der Waals surface area contributed by atoms with Gasteiger partial charge in [0.1, 0.15) is 12.1 Å². The number of aromatic nitrogens is 5. The molecular formula is C23H26F2N8. The minimum Gasteiger partial charge on any atom is -0.353 e. The Kier molecular flexibility index (Phi) is 4.88. The first-order valence-electron chi connectivity index (χ1n) is 11.5. The van der Waals surface area contributed by atoms with Crippen molar-refractivity contribution >= 4 is 23.4 Å². The maximum absolute atomic E-state index is 14.6. The van der Waals surface area contributed by atoms with Crippen LogP contribution >= 0.6 is 0 Å². The van der Waals surface area contributed by atoms with Gasteiger partial charge in [-0.2, -0.15) is 4.98 Å². The largest absolute Gasteiger partial charge is 0.353 e. The Morgan fingerprint density at radius 1 is 1.00 bits per heavy atom. The normalized spacial score (nSPS) is 24.2. The van der Waals surface area contributed by atoms with Crippen LogP contribution in [0.15, 0.2) is 30.6 Å². The van der Waals surface area contributed by atoms with Crippen molar-refractivity contribution in [3.63, 3.8) is 0 Å². The van der Waals surface area contributed by atoms with E-state index in [1.165, 1.54) is 18.5 Å². The van der Waals surface area contributed by atoms with Crippen molar-refractivity contribution in [3.05, 3.63) is 47.9 Å². The maximum Gasteiger partial charge on any atom is 0.244 e. The summed E-state index contributed by atoms with van der Waals surface area (Å²) in [6.45, 7) is 4.79. The summed E-state index contributed by atoms with van der Waals surface area (Å²) in [6, 6.07) is 6.73. The highest BCUT2D eigenvalue weighted by atomic mass is 19.1. The van der Waals surface area contributed by atoms with E-state index in [9.17, 15) is 8.78 Å². The van der Waals surface area contributed by atoms with Crippen LogP contribution in [-0.4, -0.2) is 50.4 Å². The van der Waals surface area contributed by atoms with Gasteiger partial charge in [0.25, 0.3) is 0 Å². The quantitative estimate of drug-likeness (QED) is 0.649. The van der Waals surface area contributed by atoms with Crippen LogP contribution < -0.4 is 15.1 Å². The van der Waals surface area contributed by atoms with Gasteiger partial charge in [-0.15, -0.1) is 5.10 Å². The zero-order valence-corrected chi connectivity index (χ0v) is 18.5. The molecule has 2 aromatic heterocycles. The number of halogens is 2. The fourth-order valence-electron chi connectivity index (χ4n) is 5.53. The van der Waals surface area contributed by atoms with Crippen molar-refractivity contribution in [2.24, 2.45) is 11.8 Å². The van der Waals surface area contributed by atoms with Crippen LogP contribution in [0.3, 0.4) is 0 Å². The third-order valence-corrected chi connectivity index (χ3v) is 7.16. The van der Waals surface area contributed by atoms with Crippen LogP contribution in [0.4, 0.5) is 32.2 Å². The molecule has 0 spiro atoms. The van der Waals surface area contributed by atoms with Gasteiger partial charge in [-0.25, -0.2) is 23.4 Å². The first kappa shape index (κ1) is 20.3. The molecule has 0 radical (unpaired) electrons. The van der Waals surface area contributed by atoms with Gasteiger partial charge in [-0.1, -0.05) is 0 Å². The third-order valence-electron chi connectivity index (χ3n) is 7.16. The molecule has 4 heterocycles. The molecule has 1 saturated carbocycles. The monoisotopic (exact) mass is 452 g/mol. The second-order valence-electron chi connectivity index (χ2n) is 9.21. The van der Waals surface area contributed by atoms with Gasteiger partial charge >= 0.3 is 0 Å². The Morgan fingerprint density at radius 2 is 1.76 bits per heavy atom. The molecule has 10 heteroatoms. The number of nitrogens with one attached hydrogen (secondary N) is 1. The highest BCUT2D eigenvalue weighted by molar-refractivity contribution is 5.59. The number of anilines is 4. The first-order valence-corrected chi connectivity index (χ1v) is 11.5. The van der Waals surface area contributed by atoms with E-state index in [-0.39, 0.29) is 17.7 Å². The van der Waals surface area contributed by atoms with Crippen molar-refractivity contribution in [2.45, 2.75) is 38.8 Å². The van der Waals surface area contributed by atoms with Gasteiger partial charge in [0.15, 0.2) is 11.6 Å². The molecule has 2 bridgehead atoms. The lowest BCUT2D eigenvalue weighted by Crippen LogP contribution is -2.48. The zero-order chi connectivity index (χ0) is 22.5. The first-order chi connectivity index (χ1) is 16.1. The summed E-state index contributed by atoms with van der Waals surface area (Å²) >= 11 is 0. The molecule has 3 aromatic rings. The molecule has 172 valence electrons. The number of aryl methyl sites for hydroxylation is 2. The lowest BCUT2D eigenvalue weighted by Gasteiger charge is -2.38. The standard InChI is InChI=1S/C23H26F2N8/c1-14-19(25)21(27-13-26-14)31-11-15-3-4-16(12-31)20(15)28-22-29-23-32(9-2-10-33(23)30-22)18-7-5-17(24)6-8-18/h5-8,13,15-16,20H,2-4,9-12H2,1H3,(H,28,30)/t15-,16+,20-. The van der Waals surface area contributed by atoms with Gasteiger partial charge in [-0.3, -0.25) is 0 Å². The van der Waals surface area contributed by atoms with Gasteiger partial charge in [0.05, 0.1) is 5.69 Å². The highest BCUT2D eigenvalue weighted by Gasteiger charge is 2.43. The number of benzene rings is 1. The Balaban J connectivity index is 1.20. The fourth-order valence-corrected chi connectivity index (χ4v) is 5.53. The Morgan fingerprint density at radius 3 is 2.52 bits per heavy atom. The van der Waals surface area contributed by atoms with Crippen LogP contribution in [0.2, 0.25) is 0 Å². The van der Waals surface area contributed by atoms with E-state index < -0.39 is 0 Å². The molecule has 1 saturated heterocycles. The smallest absolute Gasteiger partial charge is 0.244 e. The van der Waals surface area contributed by atoms with E-state index in [1.54, 1.807) is 19.1 Å². The zero-order valence-electron chi connectivity index (χ0n) is 18.5. The Hall–Kier alpha value is -3.30. The maximum atomic E-state index is 14.6. The molecule has 3 aliphatic rings. The van der Waals surface area contributed by atoms with Crippen LogP contribution in [0.1, 0.15) is 25.0 Å². The van der Waals surface area contributed by atoms with Gasteiger partial charge in [-0.05, 0) is 62.3 Å². The molecule has 1 aromatic carbocycles. The van der Waals surface area contributed by atoms with Gasteiger partial charge in [0.2, 0.25) is 11.9 Å². The predicted molar refractivity (Wildman–Crippen MR) is 121 cm³/mol. The molecule has 6 rings (SSSR count). The number of rotatable bonds is 4. The fraction of sp³-hybridized carbons (Fsp3) is 0.478. The van der Waals surface area contributed by atoms with Crippen LogP contribution in [0.5, 0.6) is 0 Å². The summed E-state index contributed by atoms with van der Waals surface area (Å²) in [4.78, 5) is 17.1. The summed E-state index contributed by atoms with van der Waals surface area (Å²) in [6.07, 6.45) is 4.55. The molecule has 2 aliphatic heterocycles. The van der Waals surface area contributed by atoms with Gasteiger partial charge in [0, 0.05) is 37.9 Å². The predicted octanol–water partition coefficient (Wildman–Crippen LogP) is 3.52. The van der Waals surface area contributed by atoms with Crippen LogP contribution in [0, 0.1) is 30.4 Å². The average Bonchev–Trinajstić information content (AvgIpc) is 3.32. The number of piperidine rings is 1. The van der Waals surface area contributed by atoms with Crippen LogP contribution in [-0.2, 0) is 6.54 Å². The van der Waals surface area contributed by atoms with Gasteiger partial charge < -0.3 is 15.1 Å². The van der Waals surface area contributed by atoms with E-state index in [0.717, 1.165) is 57.1 Å². The molecule has 2 fully saturated rings. The summed E-state index contributed by atoms with van der Waals surface area (Å²) < 4.78 is 29.9. The Bertz CT molecular complexity index is 1150. The SMILES string of the molecule is Cc1ncnc(N2C[C@H]3CC[C@@H](C2)[C@@H]3Nc2nc3n(n2)CCCN3c2ccc(F)cc2)c1F. The molecule has 1 N–H and O–H groups in total. The lowest BCUT2D eigenvalue weighted by atomic mass is 9.92. The van der Waals surface area contributed by atoms with Crippen molar-refractivity contribution in [2.75, 3.05) is 34.8 Å². The van der Waals surface area contributed by atoms with E-state index in [4.69, 9.17) is 10.1 Å². The van der Waals surface area contributed by atoms with Crippen molar-refractivity contribution in [3.8, 4) is 0 Å². The minimum atomic E-state index is -0.326. The van der Waals surface area contributed by atoms with Crippen LogP contribution in [0.25, 0.3) is 0 Å². The van der Waals surface area contributed by atoms with E-state index in [1.807, 2.05) is 4.68 Å². The van der Waals surface area contributed by atoms with Crippen molar-refractivity contribution in [1.82, 2.24) is 24.7 Å². The summed E-state index contributed by atoms with van der Waals surface area (Å²) in [5, 5.41) is 8.32. The van der Waals surface area contributed by atoms with Crippen molar-refractivity contribution in [1.29, 1.82) is 0 Å². The summed E-state index contributed by atoms with van der Waals surface area (Å²) in [5.74, 6) is 1.96. The number of fused-ring (bicyclic) bond motifs is 3. The summed E-state index contributed by atoms with van der Waals surface area (Å²) in [7, 11) is 0. The Labute approximate surface area is 190 Å². The van der Waals surface area contributed by atoms with E-state index in [2.05, 4.69) is 25.1 Å².